The first kappa shape index (κ1) is 36.1. The summed E-state index contributed by atoms with van der Waals surface area (Å²) in [6, 6.07) is 77.2. The molecule has 0 aliphatic carbocycles. The van der Waals surface area contributed by atoms with Crippen LogP contribution < -0.4 is 5.32 Å². The zero-order valence-electron chi connectivity index (χ0n) is 34.6. The fourth-order valence-electron chi connectivity index (χ4n) is 9.94. The lowest BCUT2D eigenvalue weighted by atomic mass is 9.95. The van der Waals surface area contributed by atoms with Crippen LogP contribution in [-0.2, 0) is 0 Å². The van der Waals surface area contributed by atoms with Crippen molar-refractivity contribution in [2.24, 2.45) is 9.98 Å². The van der Waals surface area contributed by atoms with Gasteiger partial charge in [-0.15, -0.1) is 0 Å². The lowest BCUT2D eigenvalue weighted by molar-refractivity contribution is 0.759. The van der Waals surface area contributed by atoms with Crippen molar-refractivity contribution in [3.8, 4) is 22.6 Å². The Bertz CT molecular complexity index is 3790. The fraction of sp³-hybridized carbons (Fsp3) is 0.0172. The van der Waals surface area contributed by atoms with Gasteiger partial charge < -0.3 is 14.5 Å². The van der Waals surface area contributed by atoms with E-state index in [-0.39, 0.29) is 0 Å². The molecule has 6 nitrogen and oxygen atoms in total. The molecule has 1 N–H and O–H groups in total. The highest BCUT2D eigenvalue weighted by Crippen LogP contribution is 2.45. The largest absolute Gasteiger partial charge is 0.324 e. The van der Waals surface area contributed by atoms with Crippen LogP contribution >= 0.6 is 0 Å². The molecule has 0 saturated heterocycles. The SMILES string of the molecule is c1ccc(C2=NC(c3cccc4c5c6c(-c7ccccc7)nc7ccccc7c6ccc5n(-c5ccccc5)c34)N=C(c3ccc(-n4c5ccccc5c5ccccc54)cc3)N2)cc1. The molecule has 0 amide bonds. The summed E-state index contributed by atoms with van der Waals surface area (Å²) in [7, 11) is 0. The third kappa shape index (κ3) is 5.63. The van der Waals surface area contributed by atoms with Crippen molar-refractivity contribution < 1.29 is 0 Å². The smallest absolute Gasteiger partial charge is 0.171 e. The lowest BCUT2D eigenvalue weighted by Gasteiger charge is -2.23. The molecular weight excluding hydrogens is 781 g/mol. The molecular formula is C58H38N6. The van der Waals surface area contributed by atoms with Gasteiger partial charge in [-0.05, 0) is 66.0 Å². The van der Waals surface area contributed by atoms with Crippen molar-refractivity contribution in [1.82, 2.24) is 19.4 Å². The second-order valence-corrected chi connectivity index (χ2v) is 16.4. The Morgan fingerprint density at radius 3 is 1.59 bits per heavy atom. The summed E-state index contributed by atoms with van der Waals surface area (Å²) in [6.45, 7) is 0. The van der Waals surface area contributed by atoms with Gasteiger partial charge in [-0.25, -0.2) is 15.0 Å². The predicted molar refractivity (Wildman–Crippen MR) is 265 cm³/mol. The summed E-state index contributed by atoms with van der Waals surface area (Å²) in [4.78, 5) is 16.3. The number of nitrogens with one attached hydrogen (secondary N) is 1. The maximum absolute atomic E-state index is 5.50. The second-order valence-electron chi connectivity index (χ2n) is 16.4. The Labute approximate surface area is 368 Å². The normalized spacial score (nSPS) is 14.1. The minimum absolute atomic E-state index is 0.558. The summed E-state index contributed by atoms with van der Waals surface area (Å²) >= 11 is 0. The summed E-state index contributed by atoms with van der Waals surface area (Å²) in [5.74, 6) is 1.54. The third-order valence-electron chi connectivity index (χ3n) is 12.8. The number of nitrogens with zero attached hydrogens (tertiary/aromatic N) is 5. The first-order valence-corrected chi connectivity index (χ1v) is 21.7. The second kappa shape index (κ2) is 14.5. The minimum Gasteiger partial charge on any atom is -0.324 e. The molecule has 1 aliphatic heterocycles. The van der Waals surface area contributed by atoms with E-state index in [4.69, 9.17) is 15.0 Å². The molecule has 6 heteroatoms. The molecule has 0 bridgehead atoms. The highest BCUT2D eigenvalue weighted by molar-refractivity contribution is 6.29. The molecule has 4 heterocycles. The van der Waals surface area contributed by atoms with Crippen LogP contribution in [0.25, 0.3) is 87.9 Å². The van der Waals surface area contributed by atoms with E-state index in [1.165, 1.54) is 27.2 Å². The third-order valence-corrected chi connectivity index (χ3v) is 12.8. The molecule has 1 unspecified atom stereocenters. The van der Waals surface area contributed by atoms with Crippen LogP contribution in [0.3, 0.4) is 0 Å². The predicted octanol–water partition coefficient (Wildman–Crippen LogP) is 13.7. The number of rotatable bonds is 6. The number of aliphatic imine (C=N–C) groups is 2. The zero-order valence-corrected chi connectivity index (χ0v) is 34.6. The Morgan fingerprint density at radius 1 is 0.359 bits per heavy atom. The minimum atomic E-state index is -0.558. The van der Waals surface area contributed by atoms with Gasteiger partial charge in [0.25, 0.3) is 0 Å². The number of aromatic nitrogens is 3. The van der Waals surface area contributed by atoms with Crippen molar-refractivity contribution in [3.05, 3.63) is 235 Å². The number of fused-ring (bicyclic) bond motifs is 10. The Kier molecular flexibility index (Phi) is 8.18. The van der Waals surface area contributed by atoms with E-state index in [9.17, 15) is 0 Å². The molecule has 3 aromatic heterocycles. The molecule has 64 heavy (non-hydrogen) atoms. The summed E-state index contributed by atoms with van der Waals surface area (Å²) in [5, 5.41) is 11.9. The van der Waals surface area contributed by atoms with Crippen LogP contribution in [0.2, 0.25) is 0 Å². The van der Waals surface area contributed by atoms with E-state index >= 15 is 0 Å². The standard InChI is InChI=1S/C58H38N6/c1-4-17-37(18-5-1)54-53-45(42-23-10-13-28-48(42)59-54)35-36-51-52(53)46-26-16-27-47(55(46)64(51)40-21-8-3-9-22-40)58-61-56(38-19-6-2-7-20-38)60-57(62-58)39-31-33-41(34-32-39)63-49-29-14-11-24-43(49)44-25-12-15-30-50(44)63/h1-36,58H,(H,60,61,62). The molecule has 0 fully saturated rings. The van der Waals surface area contributed by atoms with Crippen molar-refractivity contribution in [3.63, 3.8) is 0 Å². The lowest BCUT2D eigenvalue weighted by Crippen LogP contribution is -2.36. The van der Waals surface area contributed by atoms with Gasteiger partial charge >= 0.3 is 0 Å². The maximum Gasteiger partial charge on any atom is 0.171 e. The number of pyridine rings is 1. The van der Waals surface area contributed by atoms with E-state index in [1.807, 2.05) is 6.07 Å². The van der Waals surface area contributed by atoms with Crippen LogP contribution in [0.15, 0.2) is 228 Å². The quantitative estimate of drug-likeness (QED) is 0.170. The van der Waals surface area contributed by atoms with E-state index in [0.717, 1.165) is 89.1 Å². The highest BCUT2D eigenvalue weighted by Gasteiger charge is 2.27. The number of hydrogen-bond acceptors (Lipinski definition) is 4. The molecule has 0 spiro atoms. The number of benzene rings is 9. The Morgan fingerprint density at radius 2 is 0.906 bits per heavy atom. The van der Waals surface area contributed by atoms with Crippen LogP contribution in [0.1, 0.15) is 22.9 Å². The van der Waals surface area contributed by atoms with Crippen LogP contribution in [0, 0.1) is 0 Å². The summed E-state index contributed by atoms with van der Waals surface area (Å²) < 4.78 is 4.75. The zero-order chi connectivity index (χ0) is 42.1. The van der Waals surface area contributed by atoms with Gasteiger partial charge in [-0.2, -0.15) is 0 Å². The van der Waals surface area contributed by atoms with E-state index in [2.05, 4.69) is 227 Å². The topological polar surface area (TPSA) is 59.5 Å². The van der Waals surface area contributed by atoms with Crippen LogP contribution in [0.4, 0.5) is 0 Å². The Balaban J connectivity index is 1.05. The summed E-state index contributed by atoms with van der Waals surface area (Å²) in [5.41, 5.74) is 12.7. The van der Waals surface area contributed by atoms with Crippen LogP contribution in [0.5, 0.6) is 0 Å². The Hall–Kier alpha value is -8.61. The van der Waals surface area contributed by atoms with Crippen LogP contribution in [-0.4, -0.2) is 25.8 Å². The molecule has 12 aromatic rings. The molecule has 1 atom stereocenters. The van der Waals surface area contributed by atoms with Crippen molar-refractivity contribution in [2.45, 2.75) is 6.17 Å². The summed E-state index contributed by atoms with van der Waals surface area (Å²) in [6.07, 6.45) is -0.558. The fourth-order valence-corrected chi connectivity index (χ4v) is 9.94. The van der Waals surface area contributed by atoms with Gasteiger partial charge in [0.1, 0.15) is 11.7 Å². The van der Waals surface area contributed by atoms with Gasteiger partial charge in [-0.1, -0.05) is 158 Å². The van der Waals surface area contributed by atoms with Crippen molar-refractivity contribution in [1.29, 1.82) is 0 Å². The maximum atomic E-state index is 5.50. The molecule has 1 aliphatic rings. The van der Waals surface area contributed by atoms with Gasteiger partial charge in [0.05, 0.1) is 33.3 Å². The molecule has 0 saturated carbocycles. The number of hydrogen-bond donors (Lipinski definition) is 1. The van der Waals surface area contributed by atoms with E-state index in [0.29, 0.717) is 0 Å². The average Bonchev–Trinajstić information content (AvgIpc) is 3.90. The van der Waals surface area contributed by atoms with Gasteiger partial charge in [0.15, 0.2) is 6.17 Å². The number of para-hydroxylation sites is 5. The molecule has 0 radical (unpaired) electrons. The molecule has 300 valence electrons. The van der Waals surface area contributed by atoms with Crippen molar-refractivity contribution in [2.75, 3.05) is 0 Å². The average molecular weight is 819 g/mol. The first-order chi connectivity index (χ1) is 31.8. The van der Waals surface area contributed by atoms with Gasteiger partial charge in [-0.3, -0.25) is 0 Å². The highest BCUT2D eigenvalue weighted by atomic mass is 15.2. The molecule has 9 aromatic carbocycles. The monoisotopic (exact) mass is 818 g/mol. The van der Waals surface area contributed by atoms with Gasteiger partial charge in [0.2, 0.25) is 0 Å². The number of amidine groups is 2. The molecule has 13 rings (SSSR count). The van der Waals surface area contributed by atoms with Gasteiger partial charge in [0, 0.05) is 65.9 Å². The van der Waals surface area contributed by atoms with Crippen molar-refractivity contribution >= 4 is 77.0 Å². The first-order valence-electron chi connectivity index (χ1n) is 21.7. The van der Waals surface area contributed by atoms with E-state index in [1.54, 1.807) is 0 Å². The van der Waals surface area contributed by atoms with E-state index < -0.39 is 6.17 Å².